The van der Waals surface area contributed by atoms with Crippen LogP contribution in [0.4, 0.5) is 5.69 Å². The largest absolute Gasteiger partial charge is 0.381 e. The fourth-order valence-corrected chi connectivity index (χ4v) is 2.45. The third kappa shape index (κ3) is 3.52. The van der Waals surface area contributed by atoms with E-state index in [1.807, 2.05) is 13.0 Å². The molecule has 1 aliphatic heterocycles. The Hall–Kier alpha value is -1.46. The molecule has 1 atom stereocenters. The molecule has 1 aliphatic rings. The molecule has 5 nitrogen and oxygen atoms in total. The smallest absolute Gasteiger partial charge is 0.229 e. The van der Waals surface area contributed by atoms with Crippen LogP contribution in [0.5, 0.6) is 0 Å². The van der Waals surface area contributed by atoms with Crippen LogP contribution in [0.25, 0.3) is 0 Å². The Morgan fingerprint density at radius 1 is 1.58 bits per heavy atom. The molecule has 0 saturated carbocycles. The minimum Gasteiger partial charge on any atom is -0.381 e. The van der Waals surface area contributed by atoms with Crippen LogP contribution in [0.3, 0.4) is 0 Å². The van der Waals surface area contributed by atoms with Gasteiger partial charge in [-0.2, -0.15) is 0 Å². The Morgan fingerprint density at radius 3 is 2.95 bits per heavy atom. The van der Waals surface area contributed by atoms with Crippen molar-refractivity contribution in [1.29, 1.82) is 0 Å². The molecular weight excluding hydrogens is 242 g/mol. The maximum Gasteiger partial charge on any atom is 0.229 e. The topological polar surface area (TPSA) is 77.2 Å². The van der Waals surface area contributed by atoms with Crippen molar-refractivity contribution in [2.45, 2.75) is 19.8 Å². The molecule has 1 amide bonds. The highest BCUT2D eigenvalue weighted by Gasteiger charge is 2.28. The quantitative estimate of drug-likeness (QED) is 0.859. The van der Waals surface area contributed by atoms with Crippen LogP contribution in [0, 0.1) is 18.8 Å². The van der Waals surface area contributed by atoms with E-state index in [0.29, 0.717) is 12.5 Å². The summed E-state index contributed by atoms with van der Waals surface area (Å²) in [7, 11) is 0. The first kappa shape index (κ1) is 14.0. The van der Waals surface area contributed by atoms with Crippen LogP contribution in [-0.2, 0) is 9.53 Å². The van der Waals surface area contributed by atoms with Gasteiger partial charge in [0.25, 0.3) is 0 Å². The van der Waals surface area contributed by atoms with Crippen molar-refractivity contribution in [3.63, 3.8) is 0 Å². The van der Waals surface area contributed by atoms with E-state index in [1.165, 1.54) is 0 Å². The number of carbonyl (C=O) groups excluding carboxylic acids is 1. The number of aromatic nitrogens is 1. The van der Waals surface area contributed by atoms with E-state index in [-0.39, 0.29) is 11.8 Å². The number of rotatable bonds is 4. The molecule has 1 aromatic rings. The third-order valence-corrected chi connectivity index (χ3v) is 3.72. The first-order chi connectivity index (χ1) is 9.22. The number of anilines is 1. The Kier molecular flexibility index (Phi) is 4.87. The van der Waals surface area contributed by atoms with E-state index < -0.39 is 0 Å². The van der Waals surface area contributed by atoms with Gasteiger partial charge in [0.05, 0.1) is 17.8 Å². The van der Waals surface area contributed by atoms with Gasteiger partial charge in [-0.1, -0.05) is 0 Å². The number of hydrogen-bond donors (Lipinski definition) is 2. The van der Waals surface area contributed by atoms with Crippen LogP contribution in [0.15, 0.2) is 18.5 Å². The second-order valence-corrected chi connectivity index (χ2v) is 4.97. The number of hydrogen-bond acceptors (Lipinski definition) is 4. The minimum atomic E-state index is -0.150. The highest BCUT2D eigenvalue weighted by Crippen LogP contribution is 2.25. The van der Waals surface area contributed by atoms with Crippen LogP contribution in [-0.4, -0.2) is 30.6 Å². The van der Waals surface area contributed by atoms with E-state index in [2.05, 4.69) is 10.3 Å². The van der Waals surface area contributed by atoms with Crippen molar-refractivity contribution in [2.24, 2.45) is 17.6 Å². The molecule has 2 rings (SSSR count). The zero-order valence-electron chi connectivity index (χ0n) is 11.3. The zero-order chi connectivity index (χ0) is 13.7. The average molecular weight is 263 g/mol. The van der Waals surface area contributed by atoms with Gasteiger partial charge in [0.1, 0.15) is 0 Å². The highest BCUT2D eigenvalue weighted by molar-refractivity contribution is 5.93. The van der Waals surface area contributed by atoms with Gasteiger partial charge in [-0.15, -0.1) is 0 Å². The predicted octanol–water partition coefficient (Wildman–Crippen LogP) is 1.33. The Labute approximate surface area is 113 Å². The molecule has 2 heterocycles. The second-order valence-electron chi connectivity index (χ2n) is 4.97. The van der Waals surface area contributed by atoms with Gasteiger partial charge in [0, 0.05) is 26.0 Å². The van der Waals surface area contributed by atoms with Crippen LogP contribution < -0.4 is 11.1 Å². The summed E-state index contributed by atoms with van der Waals surface area (Å²) in [4.78, 5) is 16.4. The van der Waals surface area contributed by atoms with E-state index in [0.717, 1.165) is 37.3 Å². The van der Waals surface area contributed by atoms with E-state index >= 15 is 0 Å². The fourth-order valence-electron chi connectivity index (χ4n) is 2.45. The molecule has 1 unspecified atom stereocenters. The van der Waals surface area contributed by atoms with Crippen LogP contribution >= 0.6 is 0 Å². The summed E-state index contributed by atoms with van der Waals surface area (Å²) >= 11 is 0. The summed E-state index contributed by atoms with van der Waals surface area (Å²) in [6, 6.07) is 1.88. The van der Waals surface area contributed by atoms with Crippen LogP contribution in [0.2, 0.25) is 0 Å². The molecule has 0 bridgehead atoms. The van der Waals surface area contributed by atoms with E-state index in [4.69, 9.17) is 10.5 Å². The second kappa shape index (κ2) is 6.63. The van der Waals surface area contributed by atoms with Gasteiger partial charge >= 0.3 is 0 Å². The first-order valence-electron chi connectivity index (χ1n) is 6.71. The summed E-state index contributed by atoms with van der Waals surface area (Å²) in [5.74, 6) is 0.157. The summed E-state index contributed by atoms with van der Waals surface area (Å²) < 4.78 is 5.33. The number of nitrogens with one attached hydrogen (secondary N) is 1. The monoisotopic (exact) mass is 263 g/mol. The number of aryl methyl sites for hydroxylation is 1. The highest BCUT2D eigenvalue weighted by atomic mass is 16.5. The molecule has 3 N–H and O–H groups in total. The molecule has 1 fully saturated rings. The van der Waals surface area contributed by atoms with Crippen molar-refractivity contribution < 1.29 is 9.53 Å². The number of pyridine rings is 1. The lowest BCUT2D eigenvalue weighted by atomic mass is 9.85. The SMILES string of the molecule is Cc1ccncc1NC(=O)C(CN)C1CCOCC1. The molecule has 104 valence electrons. The molecule has 0 aromatic carbocycles. The number of amides is 1. The molecule has 0 aliphatic carbocycles. The molecule has 0 spiro atoms. The summed E-state index contributed by atoms with van der Waals surface area (Å²) in [5.41, 5.74) is 7.55. The van der Waals surface area contributed by atoms with Crippen molar-refractivity contribution >= 4 is 11.6 Å². The lowest BCUT2D eigenvalue weighted by Crippen LogP contribution is -2.37. The van der Waals surface area contributed by atoms with Gasteiger partial charge in [-0.25, -0.2) is 0 Å². The molecule has 1 saturated heterocycles. The first-order valence-corrected chi connectivity index (χ1v) is 6.71. The van der Waals surface area contributed by atoms with Gasteiger partial charge < -0.3 is 15.8 Å². The van der Waals surface area contributed by atoms with Gasteiger partial charge in [-0.3, -0.25) is 9.78 Å². The Morgan fingerprint density at radius 2 is 2.32 bits per heavy atom. The lowest BCUT2D eigenvalue weighted by Gasteiger charge is -2.28. The number of carbonyl (C=O) groups is 1. The van der Waals surface area contributed by atoms with Gasteiger partial charge in [0.2, 0.25) is 5.91 Å². The van der Waals surface area contributed by atoms with Gasteiger partial charge in [-0.05, 0) is 37.3 Å². The lowest BCUT2D eigenvalue weighted by molar-refractivity contribution is -0.122. The van der Waals surface area contributed by atoms with Crippen molar-refractivity contribution in [3.8, 4) is 0 Å². The fraction of sp³-hybridized carbons (Fsp3) is 0.571. The normalized spacial score (nSPS) is 18.0. The maximum absolute atomic E-state index is 12.3. The standard InChI is InChI=1S/C14H21N3O2/c1-10-2-5-16-9-13(10)17-14(18)12(8-15)11-3-6-19-7-4-11/h2,5,9,11-12H,3-4,6-8,15H2,1H3,(H,17,18). The molecule has 5 heteroatoms. The average Bonchev–Trinajstić information content (AvgIpc) is 2.43. The van der Waals surface area contributed by atoms with E-state index in [9.17, 15) is 4.79 Å². The van der Waals surface area contributed by atoms with Crippen LogP contribution in [0.1, 0.15) is 18.4 Å². The molecule has 0 radical (unpaired) electrons. The van der Waals surface area contributed by atoms with Crippen molar-refractivity contribution in [3.05, 3.63) is 24.0 Å². The molecular formula is C14H21N3O2. The molecule has 19 heavy (non-hydrogen) atoms. The Bertz CT molecular complexity index is 430. The summed E-state index contributed by atoms with van der Waals surface area (Å²) in [6.07, 6.45) is 5.19. The maximum atomic E-state index is 12.3. The zero-order valence-corrected chi connectivity index (χ0v) is 11.3. The minimum absolute atomic E-state index is 0.00880. The van der Waals surface area contributed by atoms with Crippen molar-refractivity contribution in [1.82, 2.24) is 4.98 Å². The number of nitrogens with zero attached hydrogens (tertiary/aromatic N) is 1. The molecule has 1 aromatic heterocycles. The van der Waals surface area contributed by atoms with E-state index in [1.54, 1.807) is 12.4 Å². The van der Waals surface area contributed by atoms with Crippen molar-refractivity contribution in [2.75, 3.05) is 25.1 Å². The summed E-state index contributed by atoms with van der Waals surface area (Å²) in [6.45, 7) is 3.76. The number of ether oxygens (including phenoxy) is 1. The third-order valence-electron chi connectivity index (χ3n) is 3.72. The Balaban J connectivity index is 2.02. The van der Waals surface area contributed by atoms with Gasteiger partial charge in [0.15, 0.2) is 0 Å². The predicted molar refractivity (Wildman–Crippen MR) is 73.7 cm³/mol. The number of nitrogens with two attached hydrogens (primary N) is 1. The summed E-state index contributed by atoms with van der Waals surface area (Å²) in [5, 5.41) is 2.94.